The molecule has 0 radical (unpaired) electrons. The SMILES string of the molecule is CNC(N)/C=C(/C)C(C)NC(C)C1CCC1. The lowest BCUT2D eigenvalue weighted by Crippen LogP contribution is -2.43. The van der Waals surface area contributed by atoms with Crippen LogP contribution in [-0.4, -0.2) is 25.3 Å². The van der Waals surface area contributed by atoms with Crippen LogP contribution < -0.4 is 16.4 Å². The molecule has 0 aliphatic heterocycles. The summed E-state index contributed by atoms with van der Waals surface area (Å²) in [6.07, 6.45) is 6.23. The van der Waals surface area contributed by atoms with E-state index in [2.05, 4.69) is 37.5 Å². The van der Waals surface area contributed by atoms with Crippen molar-refractivity contribution in [3.8, 4) is 0 Å². The van der Waals surface area contributed by atoms with Crippen molar-refractivity contribution < 1.29 is 0 Å². The molecule has 1 aliphatic rings. The van der Waals surface area contributed by atoms with Crippen molar-refractivity contribution in [2.24, 2.45) is 11.7 Å². The van der Waals surface area contributed by atoms with Crippen molar-refractivity contribution in [3.63, 3.8) is 0 Å². The fourth-order valence-electron chi connectivity index (χ4n) is 2.11. The summed E-state index contributed by atoms with van der Waals surface area (Å²) >= 11 is 0. The molecule has 0 aromatic heterocycles. The Morgan fingerprint density at radius 3 is 2.44 bits per heavy atom. The van der Waals surface area contributed by atoms with Crippen molar-refractivity contribution in [3.05, 3.63) is 11.6 Å². The number of likely N-dealkylation sites (N-methyl/N-ethyl adjacent to an activating group) is 1. The topological polar surface area (TPSA) is 50.1 Å². The molecule has 1 saturated carbocycles. The van der Waals surface area contributed by atoms with Crippen LogP contribution >= 0.6 is 0 Å². The average molecular weight is 225 g/mol. The van der Waals surface area contributed by atoms with Gasteiger partial charge in [0.05, 0.1) is 6.17 Å². The summed E-state index contributed by atoms with van der Waals surface area (Å²) in [5.41, 5.74) is 7.14. The molecule has 1 fully saturated rings. The highest BCUT2D eigenvalue weighted by Crippen LogP contribution is 2.29. The zero-order valence-corrected chi connectivity index (χ0v) is 11.1. The summed E-state index contributed by atoms with van der Waals surface area (Å²) in [6, 6.07) is 1.04. The zero-order chi connectivity index (χ0) is 12.1. The highest BCUT2D eigenvalue weighted by Gasteiger charge is 2.24. The minimum absolute atomic E-state index is 0.0386. The van der Waals surface area contributed by atoms with Gasteiger partial charge >= 0.3 is 0 Å². The second kappa shape index (κ2) is 6.38. The van der Waals surface area contributed by atoms with Gasteiger partial charge in [0.1, 0.15) is 0 Å². The maximum atomic E-state index is 5.82. The van der Waals surface area contributed by atoms with E-state index in [-0.39, 0.29) is 6.17 Å². The van der Waals surface area contributed by atoms with Gasteiger partial charge in [0.25, 0.3) is 0 Å². The zero-order valence-electron chi connectivity index (χ0n) is 11.1. The molecule has 0 saturated heterocycles. The third-order valence-electron chi connectivity index (χ3n) is 3.83. The lowest BCUT2D eigenvalue weighted by Gasteiger charge is -2.34. The quantitative estimate of drug-likeness (QED) is 0.475. The van der Waals surface area contributed by atoms with Crippen molar-refractivity contribution >= 4 is 0 Å². The molecular weight excluding hydrogens is 198 g/mol. The van der Waals surface area contributed by atoms with Crippen LogP contribution in [0.4, 0.5) is 0 Å². The van der Waals surface area contributed by atoms with Crippen LogP contribution in [0.15, 0.2) is 11.6 Å². The fourth-order valence-corrected chi connectivity index (χ4v) is 2.11. The van der Waals surface area contributed by atoms with E-state index in [1.807, 2.05) is 7.05 Å². The molecule has 0 aromatic rings. The average Bonchev–Trinajstić information content (AvgIpc) is 2.14. The van der Waals surface area contributed by atoms with Crippen molar-refractivity contribution in [2.75, 3.05) is 7.05 Å². The number of nitrogens with two attached hydrogens (primary N) is 1. The van der Waals surface area contributed by atoms with Crippen LogP contribution in [0.5, 0.6) is 0 Å². The van der Waals surface area contributed by atoms with E-state index in [4.69, 9.17) is 5.73 Å². The first kappa shape index (κ1) is 13.7. The van der Waals surface area contributed by atoms with Gasteiger partial charge in [0, 0.05) is 12.1 Å². The van der Waals surface area contributed by atoms with E-state index in [1.54, 1.807) is 0 Å². The monoisotopic (exact) mass is 225 g/mol. The van der Waals surface area contributed by atoms with Crippen LogP contribution in [0.2, 0.25) is 0 Å². The van der Waals surface area contributed by atoms with Gasteiger partial charge in [-0.2, -0.15) is 0 Å². The molecule has 1 rings (SSSR count). The Morgan fingerprint density at radius 1 is 1.38 bits per heavy atom. The second-order valence-electron chi connectivity index (χ2n) is 5.09. The molecule has 0 heterocycles. The summed E-state index contributed by atoms with van der Waals surface area (Å²) in [6.45, 7) is 6.65. The van der Waals surface area contributed by atoms with Gasteiger partial charge in [-0.25, -0.2) is 0 Å². The predicted molar refractivity (Wildman–Crippen MR) is 70.2 cm³/mol. The summed E-state index contributed by atoms with van der Waals surface area (Å²) in [4.78, 5) is 0. The maximum Gasteiger partial charge on any atom is 0.0739 e. The molecule has 3 atom stereocenters. The smallest absolute Gasteiger partial charge is 0.0739 e. The normalized spacial score (nSPS) is 23.7. The summed E-state index contributed by atoms with van der Waals surface area (Å²) in [7, 11) is 1.88. The van der Waals surface area contributed by atoms with Gasteiger partial charge in [-0.3, -0.25) is 0 Å². The van der Waals surface area contributed by atoms with Crippen LogP contribution in [-0.2, 0) is 0 Å². The molecular formula is C13H27N3. The molecule has 0 aromatic carbocycles. The fraction of sp³-hybridized carbons (Fsp3) is 0.846. The second-order valence-corrected chi connectivity index (χ2v) is 5.09. The first-order valence-electron chi connectivity index (χ1n) is 6.41. The number of hydrogen-bond donors (Lipinski definition) is 3. The molecule has 16 heavy (non-hydrogen) atoms. The Kier molecular flexibility index (Phi) is 5.46. The lowest BCUT2D eigenvalue weighted by molar-refractivity contribution is 0.234. The van der Waals surface area contributed by atoms with E-state index in [0.29, 0.717) is 12.1 Å². The summed E-state index contributed by atoms with van der Waals surface area (Å²) < 4.78 is 0. The molecule has 3 unspecified atom stereocenters. The highest BCUT2D eigenvalue weighted by molar-refractivity contribution is 5.09. The first-order chi connectivity index (χ1) is 7.54. The van der Waals surface area contributed by atoms with Gasteiger partial charge < -0.3 is 16.4 Å². The van der Waals surface area contributed by atoms with E-state index in [1.165, 1.54) is 24.8 Å². The number of hydrogen-bond acceptors (Lipinski definition) is 3. The predicted octanol–water partition coefficient (Wildman–Crippen LogP) is 1.60. The highest BCUT2D eigenvalue weighted by atomic mass is 15.0. The van der Waals surface area contributed by atoms with Gasteiger partial charge in [0.2, 0.25) is 0 Å². The molecule has 94 valence electrons. The summed E-state index contributed by atoms with van der Waals surface area (Å²) in [5.74, 6) is 0.883. The van der Waals surface area contributed by atoms with Gasteiger partial charge in [-0.05, 0) is 46.6 Å². The van der Waals surface area contributed by atoms with E-state index in [0.717, 1.165) is 5.92 Å². The van der Waals surface area contributed by atoms with Crippen LogP contribution in [0, 0.1) is 5.92 Å². The third kappa shape index (κ3) is 3.89. The van der Waals surface area contributed by atoms with Crippen LogP contribution in [0.3, 0.4) is 0 Å². The Hall–Kier alpha value is -0.380. The van der Waals surface area contributed by atoms with E-state index in [9.17, 15) is 0 Å². The van der Waals surface area contributed by atoms with Gasteiger partial charge in [-0.1, -0.05) is 18.1 Å². The molecule has 0 spiro atoms. The van der Waals surface area contributed by atoms with Crippen LogP contribution in [0.25, 0.3) is 0 Å². The number of nitrogens with one attached hydrogen (secondary N) is 2. The Morgan fingerprint density at radius 2 is 2.00 bits per heavy atom. The maximum absolute atomic E-state index is 5.82. The standard InChI is InChI=1S/C13H27N3/c1-9(8-13(14)15-4)10(2)16-11(3)12-6-5-7-12/h8,10-13,15-16H,5-7,14H2,1-4H3/b9-8-. The molecule has 0 amide bonds. The van der Waals surface area contributed by atoms with E-state index >= 15 is 0 Å². The van der Waals surface area contributed by atoms with Crippen molar-refractivity contribution in [2.45, 2.75) is 58.3 Å². The van der Waals surface area contributed by atoms with E-state index < -0.39 is 0 Å². The van der Waals surface area contributed by atoms with Crippen molar-refractivity contribution in [1.82, 2.24) is 10.6 Å². The Balaban J connectivity index is 2.37. The molecule has 3 heteroatoms. The summed E-state index contributed by atoms with van der Waals surface area (Å²) in [5, 5.41) is 6.68. The van der Waals surface area contributed by atoms with Gasteiger partial charge in [-0.15, -0.1) is 0 Å². The lowest BCUT2D eigenvalue weighted by atomic mass is 9.80. The molecule has 3 nitrogen and oxygen atoms in total. The van der Waals surface area contributed by atoms with Crippen LogP contribution in [0.1, 0.15) is 40.0 Å². The largest absolute Gasteiger partial charge is 0.313 e. The molecule has 0 bridgehead atoms. The third-order valence-corrected chi connectivity index (χ3v) is 3.83. The molecule has 1 aliphatic carbocycles. The first-order valence-corrected chi connectivity index (χ1v) is 6.41. The number of rotatable bonds is 6. The minimum atomic E-state index is -0.0386. The molecule has 4 N–H and O–H groups in total. The minimum Gasteiger partial charge on any atom is -0.313 e. The van der Waals surface area contributed by atoms with Crippen molar-refractivity contribution in [1.29, 1.82) is 0 Å². The van der Waals surface area contributed by atoms with Gasteiger partial charge in [0.15, 0.2) is 0 Å². The Labute approximate surface area is 99.9 Å². The Bertz CT molecular complexity index is 233.